The number of pyridine rings is 1. The third-order valence-corrected chi connectivity index (χ3v) is 12.6. The number of hydrogen-bond donors (Lipinski definition) is 2. The summed E-state index contributed by atoms with van der Waals surface area (Å²) in [4.78, 5) is 54.3. The van der Waals surface area contributed by atoms with Gasteiger partial charge >= 0.3 is 0 Å². The van der Waals surface area contributed by atoms with Crippen molar-refractivity contribution in [3.63, 3.8) is 0 Å². The van der Waals surface area contributed by atoms with Crippen LogP contribution in [0, 0.1) is 24.5 Å². The van der Waals surface area contributed by atoms with Gasteiger partial charge in [0.1, 0.15) is 11.6 Å². The fourth-order valence-electron chi connectivity index (χ4n) is 9.43. The zero-order valence-corrected chi connectivity index (χ0v) is 34.8. The van der Waals surface area contributed by atoms with Crippen LogP contribution in [0.15, 0.2) is 53.7 Å². The van der Waals surface area contributed by atoms with Crippen molar-refractivity contribution in [3.05, 3.63) is 77.1 Å². The predicted molar refractivity (Wildman–Crippen MR) is 225 cm³/mol. The maximum absolute atomic E-state index is 16.0. The first kappa shape index (κ1) is 41.3. The molecule has 0 saturated carbocycles. The van der Waals surface area contributed by atoms with E-state index in [1.807, 2.05) is 35.9 Å². The molecule has 18 heteroatoms. The summed E-state index contributed by atoms with van der Waals surface area (Å²) < 4.78 is 70.4. The SMILES string of the molecule is Cc1cc2cc(n1)-c1cnn(C)c1OCCC[C@@H](C)CN1/C(=N/C2=O)Nc2ccc(N3CCN([C@@H]4CCN(c5cc(F)c([C@H]6CCC(=O)NC6=O)c(F)c5)CC4(F)F)CC3)cc21. The van der Waals surface area contributed by atoms with Crippen LogP contribution in [0.5, 0.6) is 5.88 Å². The zero-order chi connectivity index (χ0) is 43.4. The number of hydrogen-bond acceptors (Lipinski definition) is 11. The number of aliphatic imine (C=N–C) groups is 1. The molecule has 3 atom stereocenters. The summed E-state index contributed by atoms with van der Waals surface area (Å²) in [6.07, 6.45) is 3.33. The minimum Gasteiger partial charge on any atom is -0.477 e. The van der Waals surface area contributed by atoms with Gasteiger partial charge in [-0.05, 0) is 81.0 Å². The number of alkyl halides is 2. The average molecular weight is 857 g/mol. The molecule has 14 nitrogen and oxygen atoms in total. The van der Waals surface area contributed by atoms with E-state index in [-0.39, 0.29) is 37.4 Å². The monoisotopic (exact) mass is 856 g/mol. The van der Waals surface area contributed by atoms with Gasteiger partial charge in [0.05, 0.1) is 53.9 Å². The average Bonchev–Trinajstić information content (AvgIpc) is 3.77. The molecular formula is C44H48F4N10O4. The Kier molecular flexibility index (Phi) is 10.9. The summed E-state index contributed by atoms with van der Waals surface area (Å²) in [7, 11) is 1.81. The highest BCUT2D eigenvalue weighted by Crippen LogP contribution is 2.40. The number of piperazine rings is 1. The van der Waals surface area contributed by atoms with Crippen LogP contribution in [0.2, 0.25) is 0 Å². The number of aryl methyl sites for hydroxylation is 2. The van der Waals surface area contributed by atoms with Crippen molar-refractivity contribution in [1.82, 2.24) is 25.0 Å². The van der Waals surface area contributed by atoms with Crippen LogP contribution in [0.1, 0.15) is 66.6 Å². The summed E-state index contributed by atoms with van der Waals surface area (Å²) in [5, 5.41) is 9.86. The zero-order valence-electron chi connectivity index (χ0n) is 34.8. The van der Waals surface area contributed by atoms with Crippen molar-refractivity contribution in [2.75, 3.05) is 72.4 Å². The number of rotatable bonds is 4. The molecule has 2 N–H and O–H groups in total. The predicted octanol–water partition coefficient (Wildman–Crippen LogP) is 5.86. The van der Waals surface area contributed by atoms with Crippen molar-refractivity contribution in [2.24, 2.45) is 18.0 Å². The van der Waals surface area contributed by atoms with Gasteiger partial charge in [0.15, 0.2) is 0 Å². The van der Waals surface area contributed by atoms with Crippen LogP contribution in [-0.4, -0.2) is 108 Å². The lowest BCUT2D eigenvalue weighted by Crippen LogP contribution is -2.62. The minimum absolute atomic E-state index is 0.0184. The molecule has 2 aromatic heterocycles. The summed E-state index contributed by atoms with van der Waals surface area (Å²) in [5.41, 5.74) is 4.42. The van der Waals surface area contributed by atoms with Crippen LogP contribution in [0.4, 0.5) is 40.3 Å². The molecule has 9 rings (SSSR count). The molecule has 2 aromatic carbocycles. The number of fused-ring (bicyclic) bond motifs is 7. The molecule has 5 aliphatic rings. The van der Waals surface area contributed by atoms with Crippen molar-refractivity contribution < 1.29 is 36.7 Å². The van der Waals surface area contributed by atoms with Crippen LogP contribution < -0.4 is 30.1 Å². The molecule has 5 aliphatic heterocycles. The first-order chi connectivity index (χ1) is 29.7. The topological polar surface area (TPSA) is 141 Å². The van der Waals surface area contributed by atoms with E-state index in [9.17, 15) is 14.4 Å². The molecule has 0 unspecified atom stereocenters. The Labute approximate surface area is 355 Å². The Morgan fingerprint density at radius 1 is 0.887 bits per heavy atom. The molecule has 4 aromatic rings. The number of benzene rings is 2. The number of aromatic nitrogens is 3. The summed E-state index contributed by atoms with van der Waals surface area (Å²) >= 11 is 0. The first-order valence-electron chi connectivity index (χ1n) is 21.1. The number of imide groups is 1. The number of carbonyl (C=O) groups excluding carboxylic acids is 3. The van der Waals surface area contributed by atoms with Gasteiger partial charge in [0.2, 0.25) is 23.7 Å². The molecule has 3 fully saturated rings. The number of halogens is 4. The number of ether oxygens (including phenoxy) is 1. The van der Waals surface area contributed by atoms with Gasteiger partial charge in [-0.1, -0.05) is 6.92 Å². The van der Waals surface area contributed by atoms with Crippen molar-refractivity contribution in [3.8, 4) is 17.1 Å². The number of nitrogens with one attached hydrogen (secondary N) is 2. The van der Waals surface area contributed by atoms with Crippen molar-refractivity contribution in [2.45, 2.75) is 63.8 Å². The summed E-state index contributed by atoms with van der Waals surface area (Å²) in [5.74, 6) is -6.86. The molecule has 62 heavy (non-hydrogen) atoms. The Morgan fingerprint density at radius 3 is 2.40 bits per heavy atom. The lowest BCUT2D eigenvalue weighted by Gasteiger charge is -2.47. The van der Waals surface area contributed by atoms with Gasteiger partial charge in [-0.2, -0.15) is 10.1 Å². The molecular weight excluding hydrogens is 809 g/mol. The van der Waals surface area contributed by atoms with E-state index in [1.165, 1.54) is 4.90 Å². The third kappa shape index (κ3) is 7.95. The van der Waals surface area contributed by atoms with E-state index in [0.29, 0.717) is 73.7 Å². The van der Waals surface area contributed by atoms with E-state index < -0.39 is 59.3 Å². The van der Waals surface area contributed by atoms with E-state index >= 15 is 17.6 Å². The quantitative estimate of drug-likeness (QED) is 0.189. The Hall–Kier alpha value is -6.04. The largest absolute Gasteiger partial charge is 0.477 e. The first-order valence-corrected chi connectivity index (χ1v) is 21.1. The van der Waals surface area contributed by atoms with E-state index in [2.05, 4.69) is 43.6 Å². The van der Waals surface area contributed by atoms with Gasteiger partial charge < -0.3 is 24.8 Å². The highest BCUT2D eigenvalue weighted by molar-refractivity contribution is 6.19. The second-order valence-electron chi connectivity index (χ2n) is 17.0. The number of piperidine rings is 2. The van der Waals surface area contributed by atoms with Crippen LogP contribution in [-0.2, 0) is 16.6 Å². The maximum atomic E-state index is 16.0. The van der Waals surface area contributed by atoms with Crippen molar-refractivity contribution >= 4 is 46.4 Å². The van der Waals surface area contributed by atoms with Gasteiger partial charge in [-0.15, -0.1) is 0 Å². The standard InChI is InChI=1S/C44H48F4N10O4/c1-25-5-4-16-62-42-31(22-49-54(42)3)35-18-27(17-26(2)50-35)40(60)53-43-51-34-8-6-28(21-36(34)58(43)23-25)55-12-14-56(15-13-55)37-10-11-57(24-44(37,47)48)29-19-32(45)39(33(46)20-29)30-7-9-38(59)52-41(30)61/h6,8,17-22,25,30,37H,4-5,7,9-16,23-24H2,1-3H3,(H,51,53,60)(H,52,59,61)/t25-,30-,37-/m1/s1. The Morgan fingerprint density at radius 2 is 1.66 bits per heavy atom. The van der Waals surface area contributed by atoms with Crippen molar-refractivity contribution in [1.29, 1.82) is 0 Å². The van der Waals surface area contributed by atoms with E-state index in [0.717, 1.165) is 42.0 Å². The lowest BCUT2D eigenvalue weighted by atomic mass is 9.89. The maximum Gasteiger partial charge on any atom is 0.280 e. The molecule has 3 amide bonds. The molecule has 3 saturated heterocycles. The molecule has 7 heterocycles. The number of carbonyl (C=O) groups is 3. The molecule has 326 valence electrons. The number of guanidine groups is 1. The van der Waals surface area contributed by atoms with E-state index in [1.54, 1.807) is 23.0 Å². The van der Waals surface area contributed by atoms with Gasteiger partial charge in [-0.3, -0.25) is 29.6 Å². The van der Waals surface area contributed by atoms with E-state index in [4.69, 9.17) is 4.74 Å². The van der Waals surface area contributed by atoms with Gasteiger partial charge in [0.25, 0.3) is 11.8 Å². The Bertz CT molecular complexity index is 2450. The van der Waals surface area contributed by atoms with Crippen LogP contribution in [0.25, 0.3) is 11.3 Å². The lowest BCUT2D eigenvalue weighted by molar-refractivity contribution is -0.134. The molecule has 0 spiro atoms. The van der Waals surface area contributed by atoms with Gasteiger partial charge in [-0.25, -0.2) is 22.2 Å². The molecule has 0 aliphatic carbocycles. The van der Waals surface area contributed by atoms with Crippen LogP contribution in [0.3, 0.4) is 0 Å². The number of amides is 3. The van der Waals surface area contributed by atoms with Gasteiger partial charge in [0, 0.05) is 80.9 Å². The molecule has 2 bridgehead atoms. The normalized spacial score (nSPS) is 24.1. The smallest absolute Gasteiger partial charge is 0.280 e. The fraction of sp³-hybridized carbons (Fsp3) is 0.455. The number of nitrogens with zero attached hydrogens (tertiary/aromatic N) is 8. The summed E-state index contributed by atoms with van der Waals surface area (Å²) in [6.45, 7) is 6.26. The highest BCUT2D eigenvalue weighted by Gasteiger charge is 2.48. The molecule has 0 radical (unpaired) electrons. The number of anilines is 4. The summed E-state index contributed by atoms with van der Waals surface area (Å²) in [6, 6.07) is 10.4. The minimum atomic E-state index is -3.18. The third-order valence-electron chi connectivity index (χ3n) is 12.6. The Balaban J connectivity index is 0.883. The second-order valence-corrected chi connectivity index (χ2v) is 17.0. The fourth-order valence-corrected chi connectivity index (χ4v) is 9.43. The second kappa shape index (κ2) is 16.3. The van der Waals surface area contributed by atoms with Crippen LogP contribution >= 0.6 is 0 Å². The highest BCUT2D eigenvalue weighted by atomic mass is 19.3.